The van der Waals surface area contributed by atoms with Gasteiger partial charge in [0.25, 0.3) is 0 Å². The molecule has 0 radical (unpaired) electrons. The number of nitrogens with two attached hydrogens (primary N) is 1. The van der Waals surface area contributed by atoms with Crippen LogP contribution in [-0.2, 0) is 26.0 Å². The van der Waals surface area contributed by atoms with Crippen LogP contribution in [0.15, 0.2) is 57.9 Å². The second-order valence-electron chi connectivity index (χ2n) is 7.77. The van der Waals surface area contributed by atoms with Gasteiger partial charge in [0.1, 0.15) is 12.4 Å². The number of rotatable bonds is 7. The summed E-state index contributed by atoms with van der Waals surface area (Å²) in [6, 6.07) is 13.9. The molecular formula is C24H27BrN2O5S. The summed E-state index contributed by atoms with van der Waals surface area (Å²) in [4.78, 5) is 19.3. The van der Waals surface area contributed by atoms with Crippen LogP contribution in [0.2, 0.25) is 0 Å². The topological polar surface area (TPSA) is 98.9 Å². The average molecular weight is 535 g/mol. The number of likely N-dealkylation sites (tertiary alicyclic amines) is 1. The molecular weight excluding hydrogens is 508 g/mol. The van der Waals surface area contributed by atoms with Crippen LogP contribution in [0.1, 0.15) is 31.7 Å². The Morgan fingerprint density at radius 1 is 1.09 bits per heavy atom. The highest BCUT2D eigenvalue weighted by Gasteiger charge is 2.54. The summed E-state index contributed by atoms with van der Waals surface area (Å²) in [5.41, 5.74) is 1.11. The van der Waals surface area contributed by atoms with Crippen LogP contribution in [0.4, 0.5) is 0 Å². The van der Waals surface area contributed by atoms with Crippen molar-refractivity contribution in [2.75, 3.05) is 19.7 Å². The van der Waals surface area contributed by atoms with Crippen LogP contribution in [0.25, 0.3) is 0 Å². The van der Waals surface area contributed by atoms with E-state index in [1.165, 1.54) is 12.1 Å². The van der Waals surface area contributed by atoms with E-state index in [1.54, 1.807) is 12.1 Å². The second kappa shape index (κ2) is 11.2. The number of halogens is 1. The lowest BCUT2D eigenvalue weighted by Crippen LogP contribution is -2.55. The van der Waals surface area contributed by atoms with Gasteiger partial charge in [-0.25, -0.2) is 13.2 Å². The van der Waals surface area contributed by atoms with Crippen molar-refractivity contribution < 1.29 is 22.8 Å². The van der Waals surface area contributed by atoms with E-state index in [4.69, 9.17) is 10.6 Å². The molecule has 0 aliphatic carbocycles. The minimum atomic E-state index is -4.05. The van der Waals surface area contributed by atoms with Gasteiger partial charge in [-0.15, -0.1) is 5.92 Å². The molecule has 2 aromatic carbocycles. The fraction of sp³-hybridized carbons (Fsp3) is 0.375. The van der Waals surface area contributed by atoms with Gasteiger partial charge in [-0.05, 0) is 54.8 Å². The lowest BCUT2D eigenvalue weighted by atomic mass is 9.95. The van der Waals surface area contributed by atoms with Crippen LogP contribution in [-0.4, -0.2) is 43.7 Å². The third kappa shape index (κ3) is 5.76. The van der Waals surface area contributed by atoms with Crippen molar-refractivity contribution in [1.29, 1.82) is 0 Å². The van der Waals surface area contributed by atoms with Crippen molar-refractivity contribution in [3.8, 4) is 17.6 Å². The Bertz CT molecular complexity index is 1110. The molecule has 3 rings (SSSR count). The Balaban J connectivity index is 1.76. The lowest BCUT2D eigenvalue weighted by molar-refractivity contribution is -0.148. The van der Waals surface area contributed by atoms with Gasteiger partial charge in [0.2, 0.25) is 0 Å². The molecule has 0 atom stereocenters. The number of carbonyl (C=O) groups is 1. The fourth-order valence-corrected chi connectivity index (χ4v) is 6.04. The number of ether oxygens (including phenoxy) is 1. The van der Waals surface area contributed by atoms with Crippen molar-refractivity contribution in [1.82, 2.24) is 4.90 Å². The monoisotopic (exact) mass is 534 g/mol. The zero-order valence-corrected chi connectivity index (χ0v) is 20.8. The zero-order valence-electron chi connectivity index (χ0n) is 18.4. The Hall–Kier alpha value is -2.38. The third-order valence-electron chi connectivity index (χ3n) is 5.72. The molecule has 1 heterocycles. The normalized spacial score (nSPS) is 15.8. The maximum atomic E-state index is 13.6. The van der Waals surface area contributed by atoms with Crippen molar-refractivity contribution in [3.63, 3.8) is 0 Å². The molecule has 2 N–H and O–H groups in total. The van der Waals surface area contributed by atoms with Crippen LogP contribution >= 0.6 is 15.9 Å². The standard InChI is InChI=1S/C24H27BrN2O5S/c1-2-3-4-17-31-21-9-11-22(12-10-21)33(29,30)24(23(28)32-26)13-15-27(16-14-24)18-19-5-7-20(25)8-6-19/h5-12H,2,13-18,26H2,1H3. The Morgan fingerprint density at radius 3 is 2.30 bits per heavy atom. The third-order valence-corrected chi connectivity index (χ3v) is 8.75. The molecule has 0 amide bonds. The molecule has 1 saturated heterocycles. The molecule has 1 aliphatic rings. The minimum Gasteiger partial charge on any atom is -0.481 e. The second-order valence-corrected chi connectivity index (χ2v) is 10.9. The Labute approximate surface area is 203 Å². The van der Waals surface area contributed by atoms with Gasteiger partial charge in [0.05, 0.1) is 4.90 Å². The van der Waals surface area contributed by atoms with E-state index < -0.39 is 20.6 Å². The van der Waals surface area contributed by atoms with Crippen LogP contribution in [0.3, 0.4) is 0 Å². The first-order valence-electron chi connectivity index (χ1n) is 10.6. The molecule has 9 heteroatoms. The minimum absolute atomic E-state index is 0.0289. The first-order valence-corrected chi connectivity index (χ1v) is 12.9. The first-order chi connectivity index (χ1) is 15.8. The maximum Gasteiger partial charge on any atom is 0.346 e. The number of hydrogen-bond donors (Lipinski definition) is 1. The molecule has 176 valence electrons. The van der Waals surface area contributed by atoms with Gasteiger partial charge in [0, 0.05) is 30.5 Å². The van der Waals surface area contributed by atoms with E-state index in [0.29, 0.717) is 25.4 Å². The summed E-state index contributed by atoms with van der Waals surface area (Å²) in [7, 11) is -4.05. The largest absolute Gasteiger partial charge is 0.481 e. The van der Waals surface area contributed by atoms with Crippen LogP contribution in [0, 0.1) is 11.8 Å². The zero-order chi connectivity index (χ0) is 23.9. The summed E-state index contributed by atoms with van der Waals surface area (Å²) in [5.74, 6) is 10.5. The van der Waals surface area contributed by atoms with Crippen LogP contribution < -0.4 is 10.6 Å². The van der Waals surface area contributed by atoms with Gasteiger partial charge in [0.15, 0.2) is 14.6 Å². The number of benzene rings is 2. The van der Waals surface area contributed by atoms with Crippen molar-refractivity contribution >= 4 is 31.7 Å². The molecule has 0 saturated carbocycles. The summed E-state index contributed by atoms with van der Waals surface area (Å²) in [6.07, 6.45) is 0.917. The molecule has 2 aromatic rings. The van der Waals surface area contributed by atoms with E-state index in [1.807, 2.05) is 31.2 Å². The number of piperidine rings is 1. The van der Waals surface area contributed by atoms with E-state index in [0.717, 1.165) is 16.5 Å². The first kappa shape index (κ1) is 25.2. The molecule has 0 bridgehead atoms. The smallest absolute Gasteiger partial charge is 0.346 e. The molecule has 0 spiro atoms. The molecule has 7 nitrogen and oxygen atoms in total. The summed E-state index contributed by atoms with van der Waals surface area (Å²) in [6.45, 7) is 3.66. The van der Waals surface area contributed by atoms with E-state index in [9.17, 15) is 13.2 Å². The van der Waals surface area contributed by atoms with E-state index in [-0.39, 0.29) is 24.3 Å². The number of hydrogen-bond acceptors (Lipinski definition) is 7. The average Bonchev–Trinajstić information content (AvgIpc) is 2.83. The number of nitrogens with zero attached hydrogens (tertiary/aromatic N) is 1. The number of sulfone groups is 1. The SMILES string of the molecule is CCC#CCOc1ccc(S(=O)(=O)C2(C(=O)ON)CCN(Cc3ccc(Br)cc3)CC2)cc1. The quantitative estimate of drug-likeness (QED) is 0.428. The number of carbonyl (C=O) groups excluding carboxylic acids is 1. The molecule has 1 aliphatic heterocycles. The van der Waals surface area contributed by atoms with Gasteiger partial charge in [-0.3, -0.25) is 4.90 Å². The predicted molar refractivity (Wildman–Crippen MR) is 129 cm³/mol. The highest BCUT2D eigenvalue weighted by atomic mass is 79.9. The highest BCUT2D eigenvalue weighted by Crippen LogP contribution is 2.37. The highest BCUT2D eigenvalue weighted by molar-refractivity contribution is 9.10. The van der Waals surface area contributed by atoms with E-state index in [2.05, 4.69) is 37.5 Å². The van der Waals surface area contributed by atoms with Gasteiger partial charge in [-0.1, -0.05) is 40.9 Å². The fourth-order valence-electron chi connectivity index (χ4n) is 3.85. The predicted octanol–water partition coefficient (Wildman–Crippen LogP) is 3.47. The summed E-state index contributed by atoms with van der Waals surface area (Å²) < 4.78 is 31.9. The van der Waals surface area contributed by atoms with Gasteiger partial charge >= 0.3 is 5.97 Å². The Kier molecular flexibility index (Phi) is 8.54. The molecule has 0 aromatic heterocycles. The molecule has 33 heavy (non-hydrogen) atoms. The van der Waals surface area contributed by atoms with Crippen molar-refractivity contribution in [2.24, 2.45) is 5.90 Å². The Morgan fingerprint density at radius 2 is 1.73 bits per heavy atom. The molecule has 0 unspecified atom stereocenters. The van der Waals surface area contributed by atoms with E-state index >= 15 is 0 Å². The van der Waals surface area contributed by atoms with Crippen LogP contribution in [0.5, 0.6) is 5.75 Å². The van der Waals surface area contributed by atoms with Gasteiger partial charge in [-0.2, -0.15) is 5.90 Å². The summed E-state index contributed by atoms with van der Waals surface area (Å²) in [5, 5.41) is 0. The van der Waals surface area contributed by atoms with Crippen molar-refractivity contribution in [2.45, 2.75) is 42.4 Å². The molecule has 1 fully saturated rings. The van der Waals surface area contributed by atoms with Crippen molar-refractivity contribution in [3.05, 3.63) is 58.6 Å². The lowest BCUT2D eigenvalue weighted by Gasteiger charge is -2.38. The summed E-state index contributed by atoms with van der Waals surface area (Å²) >= 11 is 3.42. The maximum absolute atomic E-state index is 13.6. The van der Waals surface area contributed by atoms with Gasteiger partial charge < -0.3 is 9.57 Å².